The molecule has 1 unspecified atom stereocenters. The van der Waals surface area contributed by atoms with Crippen molar-refractivity contribution in [2.75, 3.05) is 26.8 Å². The van der Waals surface area contributed by atoms with Gasteiger partial charge in [0, 0.05) is 33.0 Å². The first kappa shape index (κ1) is 17.6. The molecule has 2 heterocycles. The average molecular weight is 343 g/mol. The van der Waals surface area contributed by atoms with Gasteiger partial charge in [-0.05, 0) is 24.8 Å². The first-order valence-electron chi connectivity index (χ1n) is 8.89. The number of nitrogens with zero attached hydrogens (tertiary/aromatic N) is 3. The molecule has 0 N–H and O–H groups in total. The van der Waals surface area contributed by atoms with Crippen LogP contribution in [0.2, 0.25) is 0 Å². The van der Waals surface area contributed by atoms with E-state index < -0.39 is 0 Å². The van der Waals surface area contributed by atoms with E-state index in [1.54, 1.807) is 7.11 Å². The minimum Gasteiger partial charge on any atom is -0.384 e. The highest BCUT2D eigenvalue weighted by atomic mass is 16.5. The van der Waals surface area contributed by atoms with Gasteiger partial charge in [0.2, 0.25) is 11.8 Å². The molecule has 6 nitrogen and oxygen atoms in total. The summed E-state index contributed by atoms with van der Waals surface area (Å²) in [6.45, 7) is 2.02. The fraction of sp³-hybridized carbons (Fsp3) is 0.526. The van der Waals surface area contributed by atoms with Crippen LogP contribution in [-0.2, 0) is 22.4 Å². The van der Waals surface area contributed by atoms with Crippen molar-refractivity contribution in [2.24, 2.45) is 0 Å². The Hall–Kier alpha value is -2.21. The number of rotatable bonds is 8. The SMILES string of the molecule is COCCc1noc(C2CCC(=O)N(CCCc3ccccc3)C2)n1. The van der Waals surface area contributed by atoms with Crippen LogP contribution in [0.15, 0.2) is 34.9 Å². The van der Waals surface area contributed by atoms with Crippen molar-refractivity contribution < 1.29 is 14.1 Å². The van der Waals surface area contributed by atoms with E-state index in [0.29, 0.717) is 37.7 Å². The van der Waals surface area contributed by atoms with Gasteiger partial charge < -0.3 is 14.2 Å². The largest absolute Gasteiger partial charge is 0.384 e. The maximum absolute atomic E-state index is 12.2. The molecule has 1 aliphatic heterocycles. The first-order valence-corrected chi connectivity index (χ1v) is 8.89. The molecule has 1 amide bonds. The Morgan fingerprint density at radius 2 is 2.12 bits per heavy atom. The quantitative estimate of drug-likeness (QED) is 0.737. The topological polar surface area (TPSA) is 68.5 Å². The lowest BCUT2D eigenvalue weighted by Gasteiger charge is -2.31. The molecule has 2 aromatic rings. The van der Waals surface area contributed by atoms with Crippen LogP contribution in [0.3, 0.4) is 0 Å². The summed E-state index contributed by atoms with van der Waals surface area (Å²) in [4.78, 5) is 18.6. The zero-order valence-corrected chi connectivity index (χ0v) is 14.7. The maximum Gasteiger partial charge on any atom is 0.231 e. The van der Waals surface area contributed by atoms with Crippen LogP contribution in [0.25, 0.3) is 0 Å². The van der Waals surface area contributed by atoms with E-state index in [4.69, 9.17) is 9.26 Å². The summed E-state index contributed by atoms with van der Waals surface area (Å²) >= 11 is 0. The molecular weight excluding hydrogens is 318 g/mol. The fourth-order valence-electron chi connectivity index (χ4n) is 3.18. The number of benzene rings is 1. The molecule has 6 heteroatoms. The molecule has 1 fully saturated rings. The van der Waals surface area contributed by atoms with Gasteiger partial charge in [0.15, 0.2) is 5.82 Å². The number of likely N-dealkylation sites (tertiary alicyclic amines) is 1. The van der Waals surface area contributed by atoms with Crippen LogP contribution in [0.4, 0.5) is 0 Å². The number of hydrogen-bond acceptors (Lipinski definition) is 5. The number of piperidine rings is 1. The number of aryl methyl sites for hydroxylation is 1. The van der Waals surface area contributed by atoms with Crippen molar-refractivity contribution in [2.45, 2.75) is 38.0 Å². The Labute approximate surface area is 148 Å². The van der Waals surface area contributed by atoms with Gasteiger partial charge in [-0.25, -0.2) is 0 Å². The van der Waals surface area contributed by atoms with Gasteiger partial charge in [-0.15, -0.1) is 0 Å². The monoisotopic (exact) mass is 343 g/mol. The van der Waals surface area contributed by atoms with Crippen molar-refractivity contribution in [1.29, 1.82) is 0 Å². The molecule has 25 heavy (non-hydrogen) atoms. The summed E-state index contributed by atoms with van der Waals surface area (Å²) in [5, 5.41) is 4.01. The van der Waals surface area contributed by atoms with Crippen molar-refractivity contribution in [3.8, 4) is 0 Å². The van der Waals surface area contributed by atoms with Gasteiger partial charge in [0.25, 0.3) is 0 Å². The number of hydrogen-bond donors (Lipinski definition) is 0. The van der Waals surface area contributed by atoms with E-state index in [2.05, 4.69) is 22.3 Å². The van der Waals surface area contributed by atoms with Crippen molar-refractivity contribution >= 4 is 5.91 Å². The third-order valence-corrected chi connectivity index (χ3v) is 4.60. The van der Waals surface area contributed by atoms with Crippen LogP contribution in [0.5, 0.6) is 0 Å². The van der Waals surface area contributed by atoms with Crippen molar-refractivity contribution in [3.63, 3.8) is 0 Å². The molecule has 134 valence electrons. The minimum atomic E-state index is 0.137. The Morgan fingerprint density at radius 1 is 1.28 bits per heavy atom. The second-order valence-electron chi connectivity index (χ2n) is 6.46. The number of carbonyl (C=O) groups is 1. The molecule has 3 rings (SSSR count). The normalized spacial score (nSPS) is 17.9. The molecule has 1 saturated heterocycles. The van der Waals surface area contributed by atoms with E-state index in [-0.39, 0.29) is 11.8 Å². The zero-order chi connectivity index (χ0) is 17.5. The number of carbonyl (C=O) groups excluding carboxylic acids is 1. The summed E-state index contributed by atoms with van der Waals surface area (Å²) in [5.74, 6) is 1.68. The van der Waals surface area contributed by atoms with Gasteiger partial charge in [0.1, 0.15) is 0 Å². The molecule has 0 spiro atoms. The van der Waals surface area contributed by atoms with E-state index in [1.165, 1.54) is 5.56 Å². The maximum atomic E-state index is 12.2. The summed E-state index contributed by atoms with van der Waals surface area (Å²) in [6, 6.07) is 10.4. The smallest absolute Gasteiger partial charge is 0.231 e. The predicted molar refractivity (Wildman–Crippen MR) is 93.2 cm³/mol. The lowest BCUT2D eigenvalue weighted by Crippen LogP contribution is -2.39. The van der Waals surface area contributed by atoms with Gasteiger partial charge in [0.05, 0.1) is 12.5 Å². The van der Waals surface area contributed by atoms with Crippen molar-refractivity contribution in [1.82, 2.24) is 15.0 Å². The third-order valence-electron chi connectivity index (χ3n) is 4.60. The fourth-order valence-corrected chi connectivity index (χ4v) is 3.18. The molecule has 0 saturated carbocycles. The van der Waals surface area contributed by atoms with Gasteiger partial charge >= 0.3 is 0 Å². The van der Waals surface area contributed by atoms with E-state index in [0.717, 1.165) is 25.8 Å². The van der Waals surface area contributed by atoms with Crippen LogP contribution in [0, 0.1) is 0 Å². The highest BCUT2D eigenvalue weighted by molar-refractivity contribution is 5.77. The molecule has 0 radical (unpaired) electrons. The molecule has 0 bridgehead atoms. The Bertz CT molecular complexity index is 672. The molecule has 0 aliphatic carbocycles. The number of amides is 1. The van der Waals surface area contributed by atoms with Gasteiger partial charge in [-0.1, -0.05) is 35.5 Å². The second-order valence-corrected chi connectivity index (χ2v) is 6.46. The van der Waals surface area contributed by atoms with Crippen LogP contribution < -0.4 is 0 Å². The van der Waals surface area contributed by atoms with Gasteiger partial charge in [-0.2, -0.15) is 4.98 Å². The Kier molecular flexibility index (Phi) is 6.17. The summed E-state index contributed by atoms with van der Waals surface area (Å²) in [6.07, 6.45) is 3.92. The number of ether oxygens (including phenoxy) is 1. The Morgan fingerprint density at radius 3 is 2.92 bits per heavy atom. The molecule has 1 aliphatic rings. The number of methoxy groups -OCH3 is 1. The van der Waals surface area contributed by atoms with Crippen molar-refractivity contribution in [3.05, 3.63) is 47.6 Å². The first-order chi connectivity index (χ1) is 12.3. The lowest BCUT2D eigenvalue weighted by molar-refractivity contribution is -0.134. The van der Waals surface area contributed by atoms with E-state index in [9.17, 15) is 4.79 Å². The van der Waals surface area contributed by atoms with Gasteiger partial charge in [-0.3, -0.25) is 4.79 Å². The summed E-state index contributed by atoms with van der Waals surface area (Å²) < 4.78 is 10.4. The summed E-state index contributed by atoms with van der Waals surface area (Å²) in [5.41, 5.74) is 1.31. The highest BCUT2D eigenvalue weighted by Gasteiger charge is 2.29. The predicted octanol–water partition coefficient (Wildman–Crippen LogP) is 2.60. The number of aromatic nitrogens is 2. The minimum absolute atomic E-state index is 0.137. The lowest BCUT2D eigenvalue weighted by atomic mass is 9.97. The van der Waals surface area contributed by atoms with Crippen LogP contribution in [-0.4, -0.2) is 47.8 Å². The second kappa shape index (κ2) is 8.76. The third kappa shape index (κ3) is 4.89. The van der Waals surface area contributed by atoms with Crippen LogP contribution >= 0.6 is 0 Å². The zero-order valence-electron chi connectivity index (χ0n) is 14.7. The molecular formula is C19H25N3O3. The molecule has 1 atom stereocenters. The highest BCUT2D eigenvalue weighted by Crippen LogP contribution is 2.26. The van der Waals surface area contributed by atoms with E-state index in [1.807, 2.05) is 23.1 Å². The van der Waals surface area contributed by atoms with Crippen LogP contribution in [0.1, 0.15) is 42.5 Å². The standard InChI is InChI=1S/C19H25N3O3/c1-24-13-11-17-20-19(25-21-17)16-9-10-18(23)22(14-16)12-5-8-15-6-3-2-4-7-15/h2-4,6-7,16H,5,8-14H2,1H3. The summed E-state index contributed by atoms with van der Waals surface area (Å²) in [7, 11) is 1.65. The molecule has 1 aromatic carbocycles. The van der Waals surface area contributed by atoms with E-state index >= 15 is 0 Å². The molecule has 1 aromatic heterocycles. The Balaban J connectivity index is 1.52. The average Bonchev–Trinajstić information content (AvgIpc) is 3.11.